The van der Waals surface area contributed by atoms with E-state index >= 15 is 0 Å². The van der Waals surface area contributed by atoms with Gasteiger partial charge in [0.1, 0.15) is 17.6 Å². The molecule has 0 saturated carbocycles. The summed E-state index contributed by atoms with van der Waals surface area (Å²) in [7, 11) is 1.54. The lowest BCUT2D eigenvalue weighted by Gasteiger charge is -2.38. The maximum Gasteiger partial charge on any atom is 0.269 e. The number of fused-ring (bicyclic) bond motifs is 1. The summed E-state index contributed by atoms with van der Waals surface area (Å²) in [6.07, 6.45) is 2.85. The first-order valence-corrected chi connectivity index (χ1v) is 11.9. The van der Waals surface area contributed by atoms with E-state index in [1.165, 1.54) is 13.1 Å². The summed E-state index contributed by atoms with van der Waals surface area (Å²) >= 11 is 0. The average molecular weight is 475 g/mol. The Morgan fingerprint density at radius 3 is 2.74 bits per heavy atom. The second-order valence-electron chi connectivity index (χ2n) is 9.21. The van der Waals surface area contributed by atoms with Gasteiger partial charge >= 0.3 is 0 Å². The molecule has 8 nitrogen and oxygen atoms in total. The van der Waals surface area contributed by atoms with Gasteiger partial charge in [-0.2, -0.15) is 5.26 Å². The van der Waals surface area contributed by atoms with Gasteiger partial charge in [0.25, 0.3) is 11.5 Å². The molecular formula is C26H27FN6O2. The molecule has 1 unspecified atom stereocenters. The fourth-order valence-corrected chi connectivity index (χ4v) is 5.41. The highest BCUT2D eigenvalue weighted by Crippen LogP contribution is 2.32. The molecule has 0 bridgehead atoms. The highest BCUT2D eigenvalue weighted by molar-refractivity contribution is 5.92. The zero-order valence-corrected chi connectivity index (χ0v) is 19.6. The van der Waals surface area contributed by atoms with Crippen molar-refractivity contribution < 1.29 is 9.18 Å². The quantitative estimate of drug-likeness (QED) is 0.603. The standard InChI is InChI=1S/C26H27FN6O2/c1-29-25(34)20-5-6-23(22(14-28)30-20)32-11-8-18(9-12-32)33-10-7-17(15-33)21-13-16-3-2-4-19(27)24(16)26(35)31-21/h2-6,13,17-18H,7-12,15H2,1H3,(H,29,34)(H,31,35). The first-order valence-electron chi connectivity index (χ1n) is 11.9. The summed E-state index contributed by atoms with van der Waals surface area (Å²) < 4.78 is 14.1. The summed E-state index contributed by atoms with van der Waals surface area (Å²) in [5, 5.41) is 12.9. The molecule has 2 aliphatic rings. The lowest BCUT2D eigenvalue weighted by atomic mass is 10.0. The minimum Gasteiger partial charge on any atom is -0.369 e. The first-order chi connectivity index (χ1) is 17.0. The van der Waals surface area contributed by atoms with Crippen LogP contribution in [0.3, 0.4) is 0 Å². The predicted octanol–water partition coefficient (Wildman–Crippen LogP) is 2.75. The van der Waals surface area contributed by atoms with Crippen LogP contribution in [0.25, 0.3) is 10.8 Å². The van der Waals surface area contributed by atoms with Gasteiger partial charge in [-0.1, -0.05) is 12.1 Å². The number of benzene rings is 1. The third kappa shape index (κ3) is 4.37. The Bertz CT molecular complexity index is 1370. The molecule has 2 saturated heterocycles. The number of piperidine rings is 1. The summed E-state index contributed by atoms with van der Waals surface area (Å²) in [6, 6.07) is 12.7. The van der Waals surface area contributed by atoms with Crippen molar-refractivity contribution in [1.29, 1.82) is 5.26 Å². The van der Waals surface area contributed by atoms with Crippen LogP contribution in [0.15, 0.2) is 41.2 Å². The average Bonchev–Trinajstić information content (AvgIpc) is 3.38. The van der Waals surface area contributed by atoms with Gasteiger partial charge in [-0.05, 0) is 55.5 Å². The molecule has 0 spiro atoms. The number of likely N-dealkylation sites (tertiary alicyclic amines) is 1. The van der Waals surface area contributed by atoms with Crippen LogP contribution in [0.4, 0.5) is 10.1 Å². The van der Waals surface area contributed by atoms with Crippen LogP contribution in [0.2, 0.25) is 0 Å². The molecule has 1 aromatic carbocycles. The second-order valence-corrected chi connectivity index (χ2v) is 9.21. The van der Waals surface area contributed by atoms with Crippen molar-refractivity contribution in [2.75, 3.05) is 38.1 Å². The molecule has 9 heteroatoms. The number of aromatic amines is 1. The lowest BCUT2D eigenvalue weighted by molar-refractivity contribution is 0.0958. The number of nitriles is 1. The van der Waals surface area contributed by atoms with Crippen molar-refractivity contribution in [3.63, 3.8) is 0 Å². The van der Waals surface area contributed by atoms with E-state index < -0.39 is 5.82 Å². The van der Waals surface area contributed by atoms with E-state index in [1.807, 2.05) is 6.07 Å². The van der Waals surface area contributed by atoms with Gasteiger partial charge in [0.2, 0.25) is 0 Å². The number of anilines is 1. The Labute approximate surface area is 202 Å². The van der Waals surface area contributed by atoms with E-state index in [2.05, 4.69) is 31.2 Å². The van der Waals surface area contributed by atoms with Crippen molar-refractivity contribution in [2.24, 2.45) is 0 Å². The van der Waals surface area contributed by atoms with Gasteiger partial charge in [0, 0.05) is 44.3 Å². The number of amides is 1. The molecule has 3 aromatic rings. The molecular weight excluding hydrogens is 447 g/mol. The Morgan fingerprint density at radius 1 is 1.20 bits per heavy atom. The maximum absolute atomic E-state index is 14.1. The van der Waals surface area contributed by atoms with Crippen LogP contribution in [-0.2, 0) is 0 Å². The number of rotatable bonds is 4. The number of nitrogens with zero attached hydrogens (tertiary/aromatic N) is 4. The number of hydrogen-bond acceptors (Lipinski definition) is 6. The molecule has 2 aliphatic heterocycles. The van der Waals surface area contributed by atoms with Gasteiger partial charge in [-0.25, -0.2) is 9.37 Å². The third-order valence-electron chi connectivity index (χ3n) is 7.26. The molecule has 180 valence electrons. The molecule has 0 radical (unpaired) electrons. The fraction of sp³-hybridized carbons (Fsp3) is 0.385. The van der Waals surface area contributed by atoms with Crippen LogP contribution in [0.5, 0.6) is 0 Å². The Kier molecular flexibility index (Phi) is 6.22. The van der Waals surface area contributed by atoms with E-state index in [1.54, 1.807) is 24.3 Å². The Balaban J connectivity index is 1.25. The molecule has 1 amide bonds. The van der Waals surface area contributed by atoms with E-state index in [0.717, 1.165) is 56.8 Å². The number of halogens is 1. The highest BCUT2D eigenvalue weighted by Gasteiger charge is 2.32. The van der Waals surface area contributed by atoms with Gasteiger partial charge in [-0.15, -0.1) is 0 Å². The number of H-pyrrole nitrogens is 1. The molecule has 4 heterocycles. The van der Waals surface area contributed by atoms with E-state index in [0.29, 0.717) is 11.4 Å². The second kappa shape index (κ2) is 9.47. The number of carbonyl (C=O) groups excluding carboxylic acids is 1. The van der Waals surface area contributed by atoms with E-state index in [9.17, 15) is 19.2 Å². The largest absolute Gasteiger partial charge is 0.369 e. The zero-order chi connectivity index (χ0) is 24.5. The van der Waals surface area contributed by atoms with Crippen molar-refractivity contribution >= 4 is 22.4 Å². The number of hydrogen-bond donors (Lipinski definition) is 2. The van der Waals surface area contributed by atoms with E-state index in [4.69, 9.17) is 0 Å². The SMILES string of the molecule is CNC(=O)c1ccc(N2CCC(N3CCC(c4cc5cccc(F)c5c(=O)[nH]4)C3)CC2)c(C#N)n1. The highest BCUT2D eigenvalue weighted by atomic mass is 19.1. The minimum absolute atomic E-state index is 0.119. The molecule has 35 heavy (non-hydrogen) atoms. The Hall–Kier alpha value is -3.77. The molecule has 5 rings (SSSR count). The molecule has 2 N–H and O–H groups in total. The molecule has 2 aromatic heterocycles. The predicted molar refractivity (Wildman–Crippen MR) is 131 cm³/mol. The number of carbonyl (C=O) groups is 1. The minimum atomic E-state index is -0.492. The van der Waals surface area contributed by atoms with Crippen LogP contribution < -0.4 is 15.8 Å². The Morgan fingerprint density at radius 2 is 2.00 bits per heavy atom. The fourth-order valence-electron chi connectivity index (χ4n) is 5.41. The normalized spacial score (nSPS) is 19.1. The van der Waals surface area contributed by atoms with Gasteiger partial charge in [-0.3, -0.25) is 14.5 Å². The number of aromatic nitrogens is 2. The van der Waals surface area contributed by atoms with Crippen molar-refractivity contribution in [1.82, 2.24) is 20.2 Å². The third-order valence-corrected chi connectivity index (χ3v) is 7.26. The van der Waals surface area contributed by atoms with Crippen molar-refractivity contribution in [3.05, 3.63) is 69.7 Å². The lowest BCUT2D eigenvalue weighted by Crippen LogP contribution is -2.44. The van der Waals surface area contributed by atoms with E-state index in [-0.39, 0.29) is 34.2 Å². The first kappa shape index (κ1) is 23.0. The zero-order valence-electron chi connectivity index (χ0n) is 19.6. The summed E-state index contributed by atoms with van der Waals surface area (Å²) in [4.78, 5) is 36.1. The van der Waals surface area contributed by atoms with Gasteiger partial charge < -0.3 is 15.2 Å². The van der Waals surface area contributed by atoms with Gasteiger partial charge in [0.15, 0.2) is 5.69 Å². The molecule has 2 fully saturated rings. The summed E-state index contributed by atoms with van der Waals surface area (Å²) in [6.45, 7) is 3.40. The van der Waals surface area contributed by atoms with Gasteiger partial charge in [0.05, 0.1) is 11.1 Å². The number of pyridine rings is 2. The molecule has 1 atom stereocenters. The van der Waals surface area contributed by atoms with Crippen LogP contribution in [0, 0.1) is 17.1 Å². The number of nitrogens with one attached hydrogen (secondary N) is 2. The maximum atomic E-state index is 14.1. The smallest absolute Gasteiger partial charge is 0.269 e. The molecule has 0 aliphatic carbocycles. The van der Waals surface area contributed by atoms with Crippen LogP contribution in [-0.4, -0.2) is 60.0 Å². The van der Waals surface area contributed by atoms with Crippen LogP contribution in [0.1, 0.15) is 47.1 Å². The summed E-state index contributed by atoms with van der Waals surface area (Å²) in [5.74, 6) is -0.596. The summed E-state index contributed by atoms with van der Waals surface area (Å²) in [5.41, 5.74) is 1.77. The van der Waals surface area contributed by atoms with Crippen LogP contribution >= 0.6 is 0 Å². The van der Waals surface area contributed by atoms with Crippen molar-refractivity contribution in [2.45, 2.75) is 31.2 Å². The van der Waals surface area contributed by atoms with Crippen molar-refractivity contribution in [3.8, 4) is 6.07 Å². The topological polar surface area (TPSA) is 105 Å². The monoisotopic (exact) mass is 474 g/mol.